The zero-order chi connectivity index (χ0) is 12.1. The molecule has 0 aliphatic carbocycles. The lowest BCUT2D eigenvalue weighted by molar-refractivity contribution is 0.171. The van der Waals surface area contributed by atoms with Gasteiger partial charge in [0.15, 0.2) is 0 Å². The van der Waals surface area contributed by atoms with Gasteiger partial charge in [0.05, 0.1) is 11.6 Å². The van der Waals surface area contributed by atoms with E-state index in [4.69, 9.17) is 0 Å². The number of nitrogens with zero attached hydrogens (tertiary/aromatic N) is 1. The number of rotatable bonds is 3. The van der Waals surface area contributed by atoms with Gasteiger partial charge in [0.1, 0.15) is 0 Å². The normalized spacial score (nSPS) is 11.9. The number of fused-ring (bicyclic) bond motifs is 1. The number of aliphatic hydroxyl groups excluding tert-OH is 1. The van der Waals surface area contributed by atoms with E-state index in [9.17, 15) is 5.11 Å². The van der Waals surface area contributed by atoms with Gasteiger partial charge in [-0.3, -0.25) is 4.98 Å². The molecule has 1 heterocycles. The Morgan fingerprint density at radius 3 is 2.94 bits per heavy atom. The van der Waals surface area contributed by atoms with Gasteiger partial charge in [-0.05, 0) is 19.4 Å². The molecular weight excluding hydrogens is 210 g/mol. The molecule has 0 fully saturated rings. The first kappa shape index (κ1) is 11.6. The molecule has 0 saturated carbocycles. The topological polar surface area (TPSA) is 33.1 Å². The number of pyridine rings is 1. The fourth-order valence-corrected chi connectivity index (χ4v) is 1.89. The Morgan fingerprint density at radius 1 is 1.29 bits per heavy atom. The molecule has 1 atom stereocenters. The van der Waals surface area contributed by atoms with Gasteiger partial charge in [-0.1, -0.05) is 24.3 Å². The SMILES string of the molecule is CC#CCCC(O)c1cccc2cccnc12. The Balaban J connectivity index is 2.30. The van der Waals surface area contributed by atoms with Gasteiger partial charge in [-0.2, -0.15) is 0 Å². The maximum atomic E-state index is 10.1. The van der Waals surface area contributed by atoms with E-state index >= 15 is 0 Å². The molecule has 2 rings (SSSR count). The summed E-state index contributed by atoms with van der Waals surface area (Å²) in [5.41, 5.74) is 1.77. The van der Waals surface area contributed by atoms with Crippen LogP contribution in [0.5, 0.6) is 0 Å². The molecule has 2 nitrogen and oxygen atoms in total. The number of benzene rings is 1. The smallest absolute Gasteiger partial charge is 0.0820 e. The lowest BCUT2D eigenvalue weighted by Crippen LogP contribution is -1.99. The quantitative estimate of drug-likeness (QED) is 0.814. The van der Waals surface area contributed by atoms with E-state index < -0.39 is 6.10 Å². The van der Waals surface area contributed by atoms with Crippen LogP contribution in [-0.2, 0) is 0 Å². The van der Waals surface area contributed by atoms with Crippen LogP contribution in [0.25, 0.3) is 10.9 Å². The van der Waals surface area contributed by atoms with E-state index in [0.717, 1.165) is 16.5 Å². The highest BCUT2D eigenvalue weighted by atomic mass is 16.3. The maximum absolute atomic E-state index is 10.1. The molecule has 0 saturated heterocycles. The van der Waals surface area contributed by atoms with Crippen molar-refractivity contribution < 1.29 is 5.11 Å². The molecule has 0 aliphatic rings. The van der Waals surface area contributed by atoms with Crippen LogP contribution >= 0.6 is 0 Å². The minimum atomic E-state index is -0.491. The van der Waals surface area contributed by atoms with Gasteiger partial charge < -0.3 is 5.11 Å². The predicted molar refractivity (Wildman–Crippen MR) is 69.4 cm³/mol. The van der Waals surface area contributed by atoms with Crippen LogP contribution < -0.4 is 0 Å². The molecule has 1 unspecified atom stereocenters. The second-order valence-electron chi connectivity index (χ2n) is 3.90. The lowest BCUT2D eigenvalue weighted by Gasteiger charge is -2.11. The minimum Gasteiger partial charge on any atom is -0.388 e. The van der Waals surface area contributed by atoms with Crippen LogP contribution in [-0.4, -0.2) is 10.1 Å². The zero-order valence-electron chi connectivity index (χ0n) is 9.85. The van der Waals surface area contributed by atoms with Crippen LogP contribution in [0.15, 0.2) is 36.5 Å². The molecule has 0 aliphatic heterocycles. The minimum absolute atomic E-state index is 0.491. The Morgan fingerprint density at radius 2 is 2.12 bits per heavy atom. The molecule has 0 amide bonds. The van der Waals surface area contributed by atoms with Crippen molar-refractivity contribution in [1.82, 2.24) is 4.98 Å². The molecule has 1 aromatic carbocycles. The monoisotopic (exact) mass is 225 g/mol. The third-order valence-corrected chi connectivity index (χ3v) is 2.74. The Hall–Kier alpha value is -1.85. The second kappa shape index (κ2) is 5.47. The van der Waals surface area contributed by atoms with Crippen molar-refractivity contribution in [3.05, 3.63) is 42.1 Å². The van der Waals surface area contributed by atoms with Crippen molar-refractivity contribution in [3.8, 4) is 11.8 Å². The number of para-hydroxylation sites is 1. The van der Waals surface area contributed by atoms with Gasteiger partial charge in [0.25, 0.3) is 0 Å². The third kappa shape index (κ3) is 2.64. The van der Waals surface area contributed by atoms with Crippen molar-refractivity contribution in [2.45, 2.75) is 25.9 Å². The van der Waals surface area contributed by atoms with E-state index in [1.165, 1.54) is 0 Å². The van der Waals surface area contributed by atoms with Gasteiger partial charge in [0, 0.05) is 23.6 Å². The van der Waals surface area contributed by atoms with Crippen molar-refractivity contribution in [2.75, 3.05) is 0 Å². The number of aromatic nitrogens is 1. The fourth-order valence-electron chi connectivity index (χ4n) is 1.89. The maximum Gasteiger partial charge on any atom is 0.0820 e. The van der Waals surface area contributed by atoms with Gasteiger partial charge in [0.2, 0.25) is 0 Å². The number of hydrogen-bond acceptors (Lipinski definition) is 2. The molecule has 0 spiro atoms. The average Bonchev–Trinajstić information content (AvgIpc) is 2.38. The molecule has 0 bridgehead atoms. The van der Waals surface area contributed by atoms with E-state index in [2.05, 4.69) is 16.8 Å². The van der Waals surface area contributed by atoms with Crippen LogP contribution in [0, 0.1) is 11.8 Å². The first-order chi connectivity index (χ1) is 8.33. The highest BCUT2D eigenvalue weighted by Crippen LogP contribution is 2.25. The highest BCUT2D eigenvalue weighted by molar-refractivity contribution is 5.81. The van der Waals surface area contributed by atoms with Gasteiger partial charge in [-0.15, -0.1) is 11.8 Å². The van der Waals surface area contributed by atoms with E-state index in [0.29, 0.717) is 12.8 Å². The molecule has 86 valence electrons. The Labute approximate surface area is 101 Å². The largest absolute Gasteiger partial charge is 0.388 e. The third-order valence-electron chi connectivity index (χ3n) is 2.74. The summed E-state index contributed by atoms with van der Waals surface area (Å²) in [6.45, 7) is 1.81. The summed E-state index contributed by atoms with van der Waals surface area (Å²) in [7, 11) is 0. The molecular formula is C15H15NO. The molecule has 0 radical (unpaired) electrons. The second-order valence-corrected chi connectivity index (χ2v) is 3.90. The summed E-state index contributed by atoms with van der Waals surface area (Å²) >= 11 is 0. The predicted octanol–water partition coefficient (Wildman–Crippen LogP) is 3.07. The summed E-state index contributed by atoms with van der Waals surface area (Å²) in [5.74, 6) is 5.80. The molecule has 1 N–H and O–H groups in total. The van der Waals surface area contributed by atoms with Crippen molar-refractivity contribution >= 4 is 10.9 Å². The van der Waals surface area contributed by atoms with Crippen LogP contribution in [0.2, 0.25) is 0 Å². The average molecular weight is 225 g/mol. The van der Waals surface area contributed by atoms with Crippen LogP contribution in [0.1, 0.15) is 31.4 Å². The highest BCUT2D eigenvalue weighted by Gasteiger charge is 2.10. The Kier molecular flexibility index (Phi) is 3.74. The van der Waals surface area contributed by atoms with Crippen molar-refractivity contribution in [1.29, 1.82) is 0 Å². The molecule has 2 aromatic rings. The first-order valence-electron chi connectivity index (χ1n) is 5.74. The summed E-state index contributed by atoms with van der Waals surface area (Å²) < 4.78 is 0. The van der Waals surface area contributed by atoms with E-state index in [-0.39, 0.29) is 0 Å². The van der Waals surface area contributed by atoms with Crippen molar-refractivity contribution in [2.24, 2.45) is 0 Å². The van der Waals surface area contributed by atoms with E-state index in [1.54, 1.807) is 6.20 Å². The van der Waals surface area contributed by atoms with Crippen molar-refractivity contribution in [3.63, 3.8) is 0 Å². The molecule has 2 heteroatoms. The summed E-state index contributed by atoms with van der Waals surface area (Å²) in [6.07, 6.45) is 2.62. The Bertz CT molecular complexity index is 560. The van der Waals surface area contributed by atoms with Crippen LogP contribution in [0.3, 0.4) is 0 Å². The first-order valence-corrected chi connectivity index (χ1v) is 5.74. The summed E-state index contributed by atoms with van der Waals surface area (Å²) in [4.78, 5) is 4.33. The summed E-state index contributed by atoms with van der Waals surface area (Å²) in [5, 5.41) is 11.2. The van der Waals surface area contributed by atoms with E-state index in [1.807, 2.05) is 37.3 Å². The lowest BCUT2D eigenvalue weighted by atomic mass is 10.0. The van der Waals surface area contributed by atoms with Gasteiger partial charge in [-0.25, -0.2) is 0 Å². The van der Waals surface area contributed by atoms with Crippen LogP contribution in [0.4, 0.5) is 0 Å². The fraction of sp³-hybridized carbons (Fsp3) is 0.267. The van der Waals surface area contributed by atoms with Gasteiger partial charge >= 0.3 is 0 Å². The summed E-state index contributed by atoms with van der Waals surface area (Å²) in [6, 6.07) is 9.79. The zero-order valence-corrected chi connectivity index (χ0v) is 9.85. The standard InChI is InChI=1S/C15H15NO/c1-2-3-4-10-14(17)13-9-5-7-12-8-6-11-16-15(12)13/h5-9,11,14,17H,4,10H2,1H3. The molecule has 1 aromatic heterocycles. The number of hydrogen-bond donors (Lipinski definition) is 1. The number of aliphatic hydroxyl groups is 1. The molecule has 17 heavy (non-hydrogen) atoms.